The maximum atomic E-state index is 12.4. The van der Waals surface area contributed by atoms with Gasteiger partial charge in [0.05, 0.1) is 12.7 Å². The average molecular weight is 388 g/mol. The molecule has 0 bridgehead atoms. The summed E-state index contributed by atoms with van der Waals surface area (Å²) in [6.45, 7) is 6.06. The number of amides is 1. The number of fused-ring (bicyclic) bond motifs is 1. The molecule has 0 radical (unpaired) electrons. The monoisotopic (exact) mass is 387 g/mol. The number of rotatable bonds is 5. The number of aryl methyl sites for hydroxylation is 1. The van der Waals surface area contributed by atoms with Crippen LogP contribution in [0, 0.1) is 19.8 Å². The highest BCUT2D eigenvalue weighted by Crippen LogP contribution is 2.40. The van der Waals surface area contributed by atoms with Crippen LogP contribution in [-0.2, 0) is 22.4 Å². The smallest absolute Gasteiger partial charge is 0.341 e. The molecule has 0 saturated carbocycles. The van der Waals surface area contributed by atoms with Gasteiger partial charge >= 0.3 is 5.97 Å². The largest absolute Gasteiger partial charge is 0.483 e. The quantitative estimate of drug-likeness (QED) is 0.777. The molecule has 0 aliphatic heterocycles. The molecule has 6 heteroatoms. The van der Waals surface area contributed by atoms with Crippen LogP contribution >= 0.6 is 11.3 Å². The molecule has 5 nitrogen and oxygen atoms in total. The number of hydrogen-bond donors (Lipinski definition) is 1. The van der Waals surface area contributed by atoms with E-state index in [2.05, 4.69) is 12.2 Å². The van der Waals surface area contributed by atoms with Crippen molar-refractivity contribution in [3.8, 4) is 5.75 Å². The van der Waals surface area contributed by atoms with E-state index < -0.39 is 5.97 Å². The van der Waals surface area contributed by atoms with E-state index in [1.54, 1.807) is 0 Å². The Hall–Kier alpha value is -2.34. The third-order valence-corrected chi connectivity index (χ3v) is 6.24. The molecule has 1 N–H and O–H groups in total. The Morgan fingerprint density at radius 2 is 2.07 bits per heavy atom. The van der Waals surface area contributed by atoms with Crippen molar-refractivity contribution in [2.75, 3.05) is 19.0 Å². The second-order valence-electron chi connectivity index (χ2n) is 7.08. The first-order valence-corrected chi connectivity index (χ1v) is 9.94. The first-order valence-electron chi connectivity index (χ1n) is 9.12. The number of carbonyl (C=O) groups is 2. The third-order valence-electron chi connectivity index (χ3n) is 5.07. The van der Waals surface area contributed by atoms with Crippen LogP contribution in [0.5, 0.6) is 5.75 Å². The van der Waals surface area contributed by atoms with Gasteiger partial charge in [-0.15, -0.1) is 11.3 Å². The first-order chi connectivity index (χ1) is 12.9. The predicted octanol–water partition coefficient (Wildman–Crippen LogP) is 4.29. The van der Waals surface area contributed by atoms with Crippen molar-refractivity contribution in [1.82, 2.24) is 0 Å². The number of benzene rings is 1. The van der Waals surface area contributed by atoms with Gasteiger partial charge in [0, 0.05) is 4.88 Å². The van der Waals surface area contributed by atoms with Gasteiger partial charge in [-0.3, -0.25) is 4.79 Å². The number of hydrogen-bond acceptors (Lipinski definition) is 5. The van der Waals surface area contributed by atoms with Crippen LogP contribution in [0.15, 0.2) is 18.2 Å². The highest BCUT2D eigenvalue weighted by atomic mass is 32.1. The number of carbonyl (C=O) groups excluding carboxylic acids is 2. The average Bonchev–Trinajstić information content (AvgIpc) is 2.99. The van der Waals surface area contributed by atoms with Crippen LogP contribution in [0.2, 0.25) is 0 Å². The fourth-order valence-corrected chi connectivity index (χ4v) is 4.76. The van der Waals surface area contributed by atoms with Crippen molar-refractivity contribution in [1.29, 1.82) is 0 Å². The Bertz CT molecular complexity index is 871. The summed E-state index contributed by atoms with van der Waals surface area (Å²) in [6.07, 6.45) is 2.81. The number of anilines is 1. The Morgan fingerprint density at radius 3 is 2.81 bits per heavy atom. The minimum atomic E-state index is -0.396. The molecular formula is C21H25NO4S. The van der Waals surface area contributed by atoms with E-state index in [-0.39, 0.29) is 12.5 Å². The van der Waals surface area contributed by atoms with Crippen molar-refractivity contribution in [2.24, 2.45) is 5.92 Å². The van der Waals surface area contributed by atoms with E-state index in [0.29, 0.717) is 22.2 Å². The van der Waals surface area contributed by atoms with Gasteiger partial charge in [0.2, 0.25) is 0 Å². The zero-order valence-corrected chi connectivity index (χ0v) is 17.0. The second kappa shape index (κ2) is 8.13. The van der Waals surface area contributed by atoms with Crippen molar-refractivity contribution in [3.63, 3.8) is 0 Å². The number of esters is 1. The summed E-state index contributed by atoms with van der Waals surface area (Å²) in [6, 6.07) is 5.75. The van der Waals surface area contributed by atoms with Crippen LogP contribution in [0.4, 0.5) is 5.00 Å². The van der Waals surface area contributed by atoms with Gasteiger partial charge < -0.3 is 14.8 Å². The van der Waals surface area contributed by atoms with Gasteiger partial charge in [-0.1, -0.05) is 19.1 Å². The highest BCUT2D eigenvalue weighted by Gasteiger charge is 2.28. The zero-order valence-electron chi connectivity index (χ0n) is 16.2. The second-order valence-corrected chi connectivity index (χ2v) is 8.19. The van der Waals surface area contributed by atoms with E-state index in [9.17, 15) is 9.59 Å². The molecular weight excluding hydrogens is 362 g/mol. The van der Waals surface area contributed by atoms with E-state index >= 15 is 0 Å². The van der Waals surface area contributed by atoms with Gasteiger partial charge in [0.15, 0.2) is 6.61 Å². The lowest BCUT2D eigenvalue weighted by Gasteiger charge is -2.18. The molecule has 1 aromatic heterocycles. The van der Waals surface area contributed by atoms with Gasteiger partial charge in [-0.2, -0.15) is 0 Å². The lowest BCUT2D eigenvalue weighted by molar-refractivity contribution is -0.118. The van der Waals surface area contributed by atoms with E-state index in [1.807, 2.05) is 32.0 Å². The molecule has 144 valence electrons. The molecule has 0 spiro atoms. The van der Waals surface area contributed by atoms with Crippen LogP contribution in [0.3, 0.4) is 0 Å². The van der Waals surface area contributed by atoms with E-state index in [1.165, 1.54) is 23.3 Å². The minimum absolute atomic E-state index is 0.107. The molecule has 1 atom stereocenters. The molecule has 1 heterocycles. The van der Waals surface area contributed by atoms with Crippen LogP contribution in [0.25, 0.3) is 0 Å². The fourth-order valence-electron chi connectivity index (χ4n) is 3.34. The van der Waals surface area contributed by atoms with Gasteiger partial charge in [-0.25, -0.2) is 4.79 Å². The topological polar surface area (TPSA) is 64.6 Å². The molecule has 1 unspecified atom stereocenters. The minimum Gasteiger partial charge on any atom is -0.483 e. The van der Waals surface area contributed by atoms with Gasteiger partial charge in [-0.05, 0) is 61.8 Å². The Morgan fingerprint density at radius 1 is 1.30 bits per heavy atom. The van der Waals surface area contributed by atoms with Crippen molar-refractivity contribution < 1.29 is 19.1 Å². The van der Waals surface area contributed by atoms with E-state index in [0.717, 1.165) is 36.0 Å². The molecule has 1 aromatic carbocycles. The molecule has 3 rings (SSSR count). The van der Waals surface area contributed by atoms with Gasteiger partial charge in [0.25, 0.3) is 5.91 Å². The summed E-state index contributed by atoms with van der Waals surface area (Å²) in [4.78, 5) is 25.9. The third kappa shape index (κ3) is 4.16. The predicted molar refractivity (Wildman–Crippen MR) is 107 cm³/mol. The highest BCUT2D eigenvalue weighted by molar-refractivity contribution is 7.17. The summed E-state index contributed by atoms with van der Waals surface area (Å²) in [5.74, 6) is 0.593. The maximum absolute atomic E-state index is 12.4. The molecule has 0 fully saturated rings. The SMILES string of the molecule is COC(=O)c1c(NC(=O)COc2cccc(C)c2C)sc2c1CCC(C)C2. The number of nitrogens with one attached hydrogen (secondary N) is 1. The lowest BCUT2D eigenvalue weighted by atomic mass is 9.88. The maximum Gasteiger partial charge on any atom is 0.341 e. The van der Waals surface area contributed by atoms with Crippen LogP contribution in [-0.4, -0.2) is 25.6 Å². The lowest BCUT2D eigenvalue weighted by Crippen LogP contribution is -2.21. The summed E-state index contributed by atoms with van der Waals surface area (Å²) in [5, 5.41) is 3.42. The molecule has 1 aliphatic rings. The molecule has 27 heavy (non-hydrogen) atoms. The summed E-state index contributed by atoms with van der Waals surface area (Å²) in [7, 11) is 1.37. The van der Waals surface area contributed by atoms with Crippen molar-refractivity contribution in [3.05, 3.63) is 45.3 Å². The Balaban J connectivity index is 1.75. The molecule has 1 amide bonds. The van der Waals surface area contributed by atoms with Crippen LogP contribution < -0.4 is 10.1 Å². The van der Waals surface area contributed by atoms with Crippen LogP contribution in [0.1, 0.15) is 45.3 Å². The zero-order chi connectivity index (χ0) is 19.6. The Kier molecular flexibility index (Phi) is 5.85. The molecule has 1 aliphatic carbocycles. The molecule has 2 aromatic rings. The van der Waals surface area contributed by atoms with Crippen molar-refractivity contribution in [2.45, 2.75) is 40.0 Å². The first kappa shape index (κ1) is 19.4. The fraction of sp³-hybridized carbons (Fsp3) is 0.429. The molecule has 0 saturated heterocycles. The normalized spacial score (nSPS) is 15.8. The van der Waals surface area contributed by atoms with Gasteiger partial charge in [0.1, 0.15) is 10.8 Å². The summed E-state index contributed by atoms with van der Waals surface area (Å²) in [5.41, 5.74) is 3.65. The van der Waals surface area contributed by atoms with E-state index in [4.69, 9.17) is 9.47 Å². The number of thiophene rings is 1. The number of ether oxygens (including phenoxy) is 2. The number of methoxy groups -OCH3 is 1. The standard InChI is InChI=1S/C21H25NO4S/c1-12-8-9-15-17(10-12)27-20(19(15)21(24)25-4)22-18(23)11-26-16-7-5-6-13(2)14(16)3/h5-7,12H,8-11H2,1-4H3,(H,22,23). The van der Waals surface area contributed by atoms with Crippen molar-refractivity contribution >= 4 is 28.2 Å². The summed E-state index contributed by atoms with van der Waals surface area (Å²) >= 11 is 1.48. The summed E-state index contributed by atoms with van der Waals surface area (Å²) < 4.78 is 10.6. The Labute approximate surface area is 163 Å².